The van der Waals surface area contributed by atoms with Crippen LogP contribution in [0.15, 0.2) is 29.9 Å². The molecule has 0 saturated carbocycles. The highest BCUT2D eigenvalue weighted by atomic mass is 32.1. The molecule has 0 atom stereocenters. The van der Waals surface area contributed by atoms with Gasteiger partial charge in [-0.15, -0.1) is 11.3 Å². The lowest BCUT2D eigenvalue weighted by molar-refractivity contribution is 0.174. The summed E-state index contributed by atoms with van der Waals surface area (Å²) in [4.78, 5) is 9.66. The Kier molecular flexibility index (Phi) is 2.89. The Morgan fingerprint density at radius 3 is 3.10 bits per heavy atom. The molecule has 0 spiro atoms. The number of fused-ring (bicyclic) bond motifs is 2. The summed E-state index contributed by atoms with van der Waals surface area (Å²) in [5.41, 5.74) is 2.32. The first-order valence-electron chi connectivity index (χ1n) is 6.62. The summed E-state index contributed by atoms with van der Waals surface area (Å²) in [6, 6.07) is 5.96. The first kappa shape index (κ1) is 12.4. The SMILES string of the molecule is Cc1csc2ncnc(NCc3ccc4c(c3)OCO4)c12. The van der Waals surface area contributed by atoms with Crippen molar-refractivity contribution < 1.29 is 9.47 Å². The van der Waals surface area contributed by atoms with Gasteiger partial charge in [0, 0.05) is 6.54 Å². The van der Waals surface area contributed by atoms with Crippen LogP contribution < -0.4 is 14.8 Å². The van der Waals surface area contributed by atoms with E-state index < -0.39 is 0 Å². The zero-order valence-electron chi connectivity index (χ0n) is 11.4. The van der Waals surface area contributed by atoms with Crippen LogP contribution in [0.4, 0.5) is 5.82 Å². The molecule has 1 aromatic carbocycles. The molecule has 0 amide bonds. The Bertz CT molecular complexity index is 816. The van der Waals surface area contributed by atoms with Crippen LogP contribution in [0.1, 0.15) is 11.1 Å². The largest absolute Gasteiger partial charge is 0.454 e. The first-order chi connectivity index (χ1) is 10.3. The smallest absolute Gasteiger partial charge is 0.231 e. The van der Waals surface area contributed by atoms with E-state index in [0.29, 0.717) is 13.3 Å². The molecule has 0 saturated heterocycles. The molecule has 0 bridgehead atoms. The molecule has 0 aliphatic carbocycles. The third-order valence-corrected chi connectivity index (χ3v) is 4.46. The molecule has 21 heavy (non-hydrogen) atoms. The van der Waals surface area contributed by atoms with Crippen molar-refractivity contribution in [3.8, 4) is 11.5 Å². The van der Waals surface area contributed by atoms with E-state index in [-0.39, 0.29) is 0 Å². The zero-order chi connectivity index (χ0) is 14.2. The second-order valence-electron chi connectivity index (χ2n) is 4.86. The average molecular weight is 299 g/mol. The molecule has 5 nitrogen and oxygen atoms in total. The third kappa shape index (κ3) is 2.17. The topological polar surface area (TPSA) is 56.3 Å². The van der Waals surface area contributed by atoms with Crippen molar-refractivity contribution in [2.75, 3.05) is 12.1 Å². The Morgan fingerprint density at radius 1 is 1.24 bits per heavy atom. The number of hydrogen-bond donors (Lipinski definition) is 1. The van der Waals surface area contributed by atoms with Crippen LogP contribution in [0.2, 0.25) is 0 Å². The van der Waals surface area contributed by atoms with Crippen molar-refractivity contribution in [1.29, 1.82) is 0 Å². The quantitative estimate of drug-likeness (QED) is 0.804. The molecule has 1 N–H and O–H groups in total. The van der Waals surface area contributed by atoms with Crippen molar-refractivity contribution in [2.24, 2.45) is 0 Å². The van der Waals surface area contributed by atoms with Gasteiger partial charge < -0.3 is 14.8 Å². The van der Waals surface area contributed by atoms with Crippen LogP contribution in [-0.4, -0.2) is 16.8 Å². The second-order valence-corrected chi connectivity index (χ2v) is 5.72. The van der Waals surface area contributed by atoms with Gasteiger partial charge >= 0.3 is 0 Å². The third-order valence-electron chi connectivity index (χ3n) is 3.45. The Balaban J connectivity index is 1.60. The molecule has 106 valence electrons. The molecule has 1 aliphatic heterocycles. The number of nitrogens with zero attached hydrogens (tertiary/aromatic N) is 2. The van der Waals surface area contributed by atoms with Crippen LogP contribution >= 0.6 is 11.3 Å². The fraction of sp³-hybridized carbons (Fsp3) is 0.200. The maximum atomic E-state index is 5.39. The van der Waals surface area contributed by atoms with Gasteiger partial charge in [0.2, 0.25) is 6.79 Å². The van der Waals surface area contributed by atoms with E-state index >= 15 is 0 Å². The molecule has 4 rings (SSSR count). The minimum Gasteiger partial charge on any atom is -0.454 e. The number of anilines is 1. The molecular weight excluding hydrogens is 286 g/mol. The maximum absolute atomic E-state index is 5.39. The van der Waals surface area contributed by atoms with E-state index in [1.165, 1.54) is 5.56 Å². The van der Waals surface area contributed by atoms with Crippen LogP contribution in [0.25, 0.3) is 10.2 Å². The van der Waals surface area contributed by atoms with Gasteiger partial charge in [-0.2, -0.15) is 0 Å². The van der Waals surface area contributed by atoms with Crippen LogP contribution in [0.3, 0.4) is 0 Å². The van der Waals surface area contributed by atoms with Crippen molar-refractivity contribution in [3.63, 3.8) is 0 Å². The number of thiophene rings is 1. The predicted octanol–water partition coefficient (Wildman–Crippen LogP) is 3.34. The number of aromatic nitrogens is 2. The van der Waals surface area contributed by atoms with Gasteiger partial charge in [-0.1, -0.05) is 6.07 Å². The normalized spacial score (nSPS) is 12.8. The van der Waals surface area contributed by atoms with Gasteiger partial charge in [-0.05, 0) is 35.6 Å². The minimum absolute atomic E-state index is 0.298. The summed E-state index contributed by atoms with van der Waals surface area (Å²) in [7, 11) is 0. The minimum atomic E-state index is 0.298. The summed E-state index contributed by atoms with van der Waals surface area (Å²) in [6.07, 6.45) is 1.60. The van der Waals surface area contributed by atoms with Gasteiger partial charge in [0.05, 0.1) is 5.39 Å². The van der Waals surface area contributed by atoms with Crippen molar-refractivity contribution in [1.82, 2.24) is 9.97 Å². The molecule has 0 unspecified atom stereocenters. The number of nitrogens with one attached hydrogen (secondary N) is 1. The summed E-state index contributed by atoms with van der Waals surface area (Å²) < 4.78 is 10.7. The van der Waals surface area contributed by atoms with Crippen LogP contribution in [0, 0.1) is 6.92 Å². The van der Waals surface area contributed by atoms with Gasteiger partial charge in [-0.3, -0.25) is 0 Å². The summed E-state index contributed by atoms with van der Waals surface area (Å²) in [5.74, 6) is 2.47. The lowest BCUT2D eigenvalue weighted by Gasteiger charge is -2.08. The number of rotatable bonds is 3. The van der Waals surface area contributed by atoms with Gasteiger partial charge in [0.15, 0.2) is 11.5 Å². The van der Waals surface area contributed by atoms with Gasteiger partial charge in [0.25, 0.3) is 0 Å². The summed E-state index contributed by atoms with van der Waals surface area (Å²) in [5, 5.41) is 6.58. The first-order valence-corrected chi connectivity index (χ1v) is 7.50. The molecule has 3 aromatic rings. The Hall–Kier alpha value is -2.34. The van der Waals surface area contributed by atoms with Crippen molar-refractivity contribution in [3.05, 3.63) is 41.0 Å². The van der Waals surface area contributed by atoms with E-state index in [2.05, 4.69) is 27.6 Å². The van der Waals surface area contributed by atoms with E-state index in [9.17, 15) is 0 Å². The molecule has 2 aromatic heterocycles. The summed E-state index contributed by atoms with van der Waals surface area (Å²) >= 11 is 1.64. The number of aryl methyl sites for hydroxylation is 1. The van der Waals surface area contributed by atoms with E-state index in [1.54, 1.807) is 17.7 Å². The molecule has 0 fully saturated rings. The average Bonchev–Trinajstić information content (AvgIpc) is 3.12. The second kappa shape index (κ2) is 4.89. The highest BCUT2D eigenvalue weighted by molar-refractivity contribution is 7.17. The van der Waals surface area contributed by atoms with Crippen LogP contribution in [-0.2, 0) is 6.54 Å². The van der Waals surface area contributed by atoms with E-state index in [0.717, 1.165) is 33.1 Å². The maximum Gasteiger partial charge on any atom is 0.231 e. The fourth-order valence-electron chi connectivity index (χ4n) is 2.39. The fourth-order valence-corrected chi connectivity index (χ4v) is 3.28. The number of ether oxygens (including phenoxy) is 2. The zero-order valence-corrected chi connectivity index (χ0v) is 12.2. The predicted molar refractivity (Wildman–Crippen MR) is 82.0 cm³/mol. The van der Waals surface area contributed by atoms with Crippen molar-refractivity contribution in [2.45, 2.75) is 13.5 Å². The van der Waals surface area contributed by atoms with Crippen molar-refractivity contribution >= 4 is 27.4 Å². The standard InChI is InChI=1S/C15H13N3O2S/c1-9-6-21-15-13(9)14(17-7-18-15)16-5-10-2-3-11-12(4-10)20-8-19-11/h2-4,6-7H,5,8H2,1H3,(H,16,17,18). The molecule has 6 heteroatoms. The molecule has 0 radical (unpaired) electrons. The van der Waals surface area contributed by atoms with Crippen LogP contribution in [0.5, 0.6) is 11.5 Å². The molecule has 3 heterocycles. The lowest BCUT2D eigenvalue weighted by atomic mass is 10.2. The van der Waals surface area contributed by atoms with Gasteiger partial charge in [0.1, 0.15) is 17.0 Å². The Labute approximate surface area is 125 Å². The Morgan fingerprint density at radius 2 is 2.14 bits per heavy atom. The number of hydrogen-bond acceptors (Lipinski definition) is 6. The lowest BCUT2D eigenvalue weighted by Crippen LogP contribution is -2.02. The monoisotopic (exact) mass is 299 g/mol. The van der Waals surface area contributed by atoms with E-state index in [1.807, 2.05) is 18.2 Å². The van der Waals surface area contributed by atoms with E-state index in [4.69, 9.17) is 9.47 Å². The highest BCUT2D eigenvalue weighted by Gasteiger charge is 2.13. The molecular formula is C15H13N3O2S. The molecule has 1 aliphatic rings. The van der Waals surface area contributed by atoms with Gasteiger partial charge in [-0.25, -0.2) is 9.97 Å². The highest BCUT2D eigenvalue weighted by Crippen LogP contribution is 2.33. The summed E-state index contributed by atoms with van der Waals surface area (Å²) in [6.45, 7) is 3.05. The number of benzene rings is 1.